The highest BCUT2D eigenvalue weighted by atomic mass is 32.1. The number of hydrogen-bond donors (Lipinski definition) is 0. The average Bonchev–Trinajstić information content (AvgIpc) is 3.93. The molecule has 52 heavy (non-hydrogen) atoms. The van der Waals surface area contributed by atoms with E-state index < -0.39 is 0 Å². The monoisotopic (exact) mass is 680 g/mol. The Morgan fingerprint density at radius 1 is 0.327 bits per heavy atom. The first kappa shape index (κ1) is 28.1. The second kappa shape index (κ2) is 10.4. The van der Waals surface area contributed by atoms with Gasteiger partial charge < -0.3 is 13.7 Å². The summed E-state index contributed by atoms with van der Waals surface area (Å²) in [6.45, 7) is 0. The van der Waals surface area contributed by atoms with Crippen molar-refractivity contribution < 1.29 is 0 Å². The van der Waals surface area contributed by atoms with Crippen LogP contribution in [0.15, 0.2) is 170 Å². The van der Waals surface area contributed by atoms with E-state index in [1.54, 1.807) is 0 Å². The van der Waals surface area contributed by atoms with E-state index >= 15 is 0 Å². The Hall–Kier alpha value is -6.69. The van der Waals surface area contributed by atoms with Gasteiger partial charge in [-0.25, -0.2) is 0 Å². The summed E-state index contributed by atoms with van der Waals surface area (Å²) in [5, 5.41) is 9.96. The first-order chi connectivity index (χ1) is 25.8. The summed E-state index contributed by atoms with van der Waals surface area (Å²) in [6, 6.07) is 57.9. The smallest absolute Gasteiger partial charge is 0.0542 e. The number of nitrogens with zero attached hydrogens (tertiary/aromatic N) is 4. The fourth-order valence-electron chi connectivity index (χ4n) is 8.70. The molecule has 5 aromatic heterocycles. The van der Waals surface area contributed by atoms with Crippen molar-refractivity contribution in [2.45, 2.75) is 0 Å². The second-order valence-corrected chi connectivity index (χ2v) is 14.7. The van der Waals surface area contributed by atoms with Crippen molar-refractivity contribution in [3.63, 3.8) is 0 Å². The standard InChI is InChI=1S/C47H28N4S/c1-5-13-40-32(9-1)33-10-2-6-14-41(33)49(40)29-17-20-44-36(25-29)34-11-3-7-15-42(34)50(44)30-18-21-45-37(26-30)35-12-4-8-16-43(35)51(45)31-19-22-46-38(27-31)39-28-48-24-23-47(39)52-46/h1-28H. The van der Waals surface area contributed by atoms with E-state index in [1.165, 1.54) is 85.6 Å². The number of thiophene rings is 1. The van der Waals surface area contributed by atoms with E-state index in [-0.39, 0.29) is 0 Å². The van der Waals surface area contributed by atoms with Crippen LogP contribution >= 0.6 is 11.3 Å². The van der Waals surface area contributed by atoms with Gasteiger partial charge in [-0.1, -0.05) is 72.8 Å². The number of hydrogen-bond acceptors (Lipinski definition) is 2. The van der Waals surface area contributed by atoms with Crippen molar-refractivity contribution in [2.24, 2.45) is 0 Å². The van der Waals surface area contributed by atoms with Crippen LogP contribution in [-0.4, -0.2) is 18.7 Å². The highest BCUT2D eigenvalue weighted by Crippen LogP contribution is 2.40. The van der Waals surface area contributed by atoms with Gasteiger partial charge in [0, 0.05) is 81.9 Å². The van der Waals surface area contributed by atoms with Gasteiger partial charge in [0.1, 0.15) is 0 Å². The number of fused-ring (bicyclic) bond motifs is 12. The third kappa shape index (κ3) is 3.78. The highest BCUT2D eigenvalue weighted by molar-refractivity contribution is 7.25. The summed E-state index contributed by atoms with van der Waals surface area (Å²) in [5.74, 6) is 0. The first-order valence-corrected chi connectivity index (χ1v) is 18.4. The van der Waals surface area contributed by atoms with Crippen LogP contribution in [0.1, 0.15) is 0 Å². The SMILES string of the molecule is c1ccc2c(c1)c1ccccc1n2-c1ccc2c(c1)c1ccccc1n2-c1ccc2c(c1)c1ccccc1n2-c1ccc2sc3ccncc3c2c1. The van der Waals surface area contributed by atoms with Crippen molar-refractivity contribution in [2.75, 3.05) is 0 Å². The summed E-state index contributed by atoms with van der Waals surface area (Å²) in [6.07, 6.45) is 3.87. The molecule has 7 aromatic carbocycles. The van der Waals surface area contributed by atoms with Crippen molar-refractivity contribution >= 4 is 96.9 Å². The van der Waals surface area contributed by atoms with E-state index in [0.29, 0.717) is 0 Å². The summed E-state index contributed by atoms with van der Waals surface area (Å²) in [7, 11) is 0. The molecule has 0 aliphatic heterocycles. The number of benzene rings is 7. The number of aromatic nitrogens is 4. The minimum atomic E-state index is 1.15. The maximum atomic E-state index is 4.44. The maximum absolute atomic E-state index is 4.44. The molecule has 4 nitrogen and oxygen atoms in total. The van der Waals surface area contributed by atoms with Crippen LogP contribution in [0.4, 0.5) is 0 Å². The molecule has 5 heteroatoms. The minimum Gasteiger partial charge on any atom is -0.309 e. The maximum Gasteiger partial charge on any atom is 0.0542 e. The van der Waals surface area contributed by atoms with Gasteiger partial charge in [-0.2, -0.15) is 0 Å². The normalized spacial score (nSPS) is 12.2. The average molecular weight is 681 g/mol. The summed E-state index contributed by atoms with van der Waals surface area (Å²) < 4.78 is 9.80. The Labute approximate surface area is 301 Å². The number of rotatable bonds is 3. The fraction of sp³-hybridized carbons (Fsp3) is 0. The van der Waals surface area contributed by atoms with E-state index in [0.717, 1.165) is 17.1 Å². The lowest BCUT2D eigenvalue weighted by atomic mass is 10.1. The summed E-state index contributed by atoms with van der Waals surface area (Å²) >= 11 is 1.82. The highest BCUT2D eigenvalue weighted by Gasteiger charge is 2.19. The molecule has 0 atom stereocenters. The van der Waals surface area contributed by atoms with Gasteiger partial charge in [0.2, 0.25) is 0 Å². The second-order valence-electron chi connectivity index (χ2n) is 13.6. The molecule has 0 aliphatic rings. The Morgan fingerprint density at radius 2 is 0.712 bits per heavy atom. The molecule has 0 amide bonds. The Balaban J connectivity index is 1.08. The molecule has 0 saturated carbocycles. The van der Waals surface area contributed by atoms with Gasteiger partial charge in [0.05, 0.1) is 33.1 Å². The third-order valence-corrected chi connectivity index (χ3v) is 12.1. The molecular weight excluding hydrogens is 653 g/mol. The van der Waals surface area contributed by atoms with Crippen LogP contribution in [0.3, 0.4) is 0 Å². The number of para-hydroxylation sites is 4. The van der Waals surface area contributed by atoms with Crippen LogP contribution < -0.4 is 0 Å². The van der Waals surface area contributed by atoms with Crippen molar-refractivity contribution in [1.29, 1.82) is 0 Å². The van der Waals surface area contributed by atoms with E-state index in [1.807, 2.05) is 23.7 Å². The van der Waals surface area contributed by atoms with Crippen LogP contribution in [0.25, 0.3) is 103 Å². The van der Waals surface area contributed by atoms with Gasteiger partial charge in [-0.3, -0.25) is 4.98 Å². The predicted octanol–water partition coefficient (Wildman–Crippen LogP) is 12.7. The van der Waals surface area contributed by atoms with Crippen molar-refractivity contribution in [3.05, 3.63) is 170 Å². The molecule has 0 unspecified atom stereocenters. The summed E-state index contributed by atoms with van der Waals surface area (Å²) in [4.78, 5) is 4.44. The molecular formula is C47H28N4S. The molecule has 5 heterocycles. The van der Waals surface area contributed by atoms with Crippen molar-refractivity contribution in [1.82, 2.24) is 18.7 Å². The predicted molar refractivity (Wildman–Crippen MR) is 220 cm³/mol. The lowest BCUT2D eigenvalue weighted by Gasteiger charge is -2.11. The Kier molecular flexibility index (Phi) is 5.62. The fourth-order valence-corrected chi connectivity index (χ4v) is 9.76. The largest absolute Gasteiger partial charge is 0.309 e. The van der Waals surface area contributed by atoms with E-state index in [2.05, 4.69) is 176 Å². The summed E-state index contributed by atoms with van der Waals surface area (Å²) in [5.41, 5.74) is 10.7. The van der Waals surface area contributed by atoms with Crippen LogP contribution in [0.5, 0.6) is 0 Å². The van der Waals surface area contributed by atoms with Gasteiger partial charge in [0.25, 0.3) is 0 Å². The molecule has 0 spiro atoms. The molecule has 0 aliphatic carbocycles. The molecule has 0 bridgehead atoms. The van der Waals surface area contributed by atoms with Crippen LogP contribution in [0.2, 0.25) is 0 Å². The molecule has 0 saturated heterocycles. The number of pyridine rings is 1. The van der Waals surface area contributed by atoms with Gasteiger partial charge in [0.15, 0.2) is 0 Å². The zero-order chi connectivity index (χ0) is 33.9. The topological polar surface area (TPSA) is 27.7 Å². The minimum absolute atomic E-state index is 1.15. The Morgan fingerprint density at radius 3 is 1.21 bits per heavy atom. The zero-order valence-corrected chi connectivity index (χ0v) is 28.7. The van der Waals surface area contributed by atoms with E-state index in [4.69, 9.17) is 0 Å². The molecule has 0 fully saturated rings. The van der Waals surface area contributed by atoms with Crippen LogP contribution in [0, 0.1) is 0 Å². The lowest BCUT2D eigenvalue weighted by molar-refractivity contribution is 1.16. The first-order valence-electron chi connectivity index (χ1n) is 17.6. The molecule has 242 valence electrons. The zero-order valence-electron chi connectivity index (χ0n) is 27.9. The van der Waals surface area contributed by atoms with Gasteiger partial charge in [-0.05, 0) is 84.9 Å². The van der Waals surface area contributed by atoms with Crippen LogP contribution in [-0.2, 0) is 0 Å². The molecule has 12 aromatic rings. The third-order valence-electron chi connectivity index (χ3n) is 10.9. The lowest BCUT2D eigenvalue weighted by Crippen LogP contribution is -1.96. The van der Waals surface area contributed by atoms with E-state index in [9.17, 15) is 0 Å². The molecule has 12 rings (SSSR count). The molecule has 0 radical (unpaired) electrons. The Bertz CT molecular complexity index is 3370. The van der Waals surface area contributed by atoms with Gasteiger partial charge in [-0.15, -0.1) is 11.3 Å². The van der Waals surface area contributed by atoms with Gasteiger partial charge >= 0.3 is 0 Å². The van der Waals surface area contributed by atoms with Crippen molar-refractivity contribution in [3.8, 4) is 17.1 Å². The molecule has 0 N–H and O–H groups in total. The quantitative estimate of drug-likeness (QED) is 0.182.